The van der Waals surface area contributed by atoms with Gasteiger partial charge in [0.1, 0.15) is 0 Å². The minimum Gasteiger partial charge on any atom is -0.310 e. The van der Waals surface area contributed by atoms with E-state index in [1.807, 2.05) is 0 Å². The highest BCUT2D eigenvalue weighted by molar-refractivity contribution is 6.10. The summed E-state index contributed by atoms with van der Waals surface area (Å²) in [6.07, 6.45) is 0. The second-order valence-corrected chi connectivity index (χ2v) is 18.9. The number of hydrogen-bond acceptors (Lipinski definition) is 1. The van der Waals surface area contributed by atoms with Crippen molar-refractivity contribution in [2.45, 2.75) is 57.8 Å². The Balaban J connectivity index is 1.12. The second-order valence-electron chi connectivity index (χ2n) is 18.9. The summed E-state index contributed by atoms with van der Waals surface area (Å²) in [5.41, 5.74) is 21.8. The number of hydrogen-bond donors (Lipinski definition) is 0. The standard InChI is InChI=1S/C59H47N/c1-57(2)51-31-27-40(33-48(51)56-43(28-24-37-16-13-21-52(57)55(37)56)39-23-22-36-14-7-8-15-38(36)32-39)60(41-25-29-46-44-17-9-11-19-49(44)58(3,4)53(46)34-41)42-26-30-47-45-18-10-12-20-50(45)59(5,6)54(47)35-42/h7-35H,1-6H3. The molecule has 0 saturated carbocycles. The van der Waals surface area contributed by atoms with Gasteiger partial charge in [-0.15, -0.1) is 0 Å². The summed E-state index contributed by atoms with van der Waals surface area (Å²) in [4.78, 5) is 2.53. The summed E-state index contributed by atoms with van der Waals surface area (Å²) in [5, 5.41) is 5.17. The fourth-order valence-electron chi connectivity index (χ4n) is 11.5. The lowest BCUT2D eigenvalue weighted by Gasteiger charge is -2.37. The molecule has 0 aromatic heterocycles. The third-order valence-electron chi connectivity index (χ3n) is 14.6. The smallest absolute Gasteiger partial charge is 0.0468 e. The highest BCUT2D eigenvalue weighted by atomic mass is 15.1. The molecule has 0 saturated heterocycles. The van der Waals surface area contributed by atoms with Crippen molar-refractivity contribution in [1.29, 1.82) is 0 Å². The fourth-order valence-corrected chi connectivity index (χ4v) is 11.5. The van der Waals surface area contributed by atoms with Crippen molar-refractivity contribution in [3.63, 3.8) is 0 Å². The highest BCUT2D eigenvalue weighted by Gasteiger charge is 2.39. The summed E-state index contributed by atoms with van der Waals surface area (Å²) in [6, 6.07) is 66.9. The van der Waals surface area contributed by atoms with Crippen LogP contribution in [0.4, 0.5) is 17.1 Å². The van der Waals surface area contributed by atoms with E-state index in [4.69, 9.17) is 0 Å². The van der Waals surface area contributed by atoms with Crippen LogP contribution in [0.15, 0.2) is 176 Å². The zero-order chi connectivity index (χ0) is 40.7. The summed E-state index contributed by atoms with van der Waals surface area (Å²) in [7, 11) is 0. The first-order chi connectivity index (χ1) is 29.0. The molecule has 1 heteroatoms. The van der Waals surface area contributed by atoms with E-state index in [0.29, 0.717) is 0 Å². The third kappa shape index (κ3) is 4.75. The minimum atomic E-state index is -0.194. The molecule has 1 nitrogen and oxygen atoms in total. The molecular formula is C59H47N. The molecule has 0 heterocycles. The summed E-state index contributed by atoms with van der Waals surface area (Å²) < 4.78 is 0. The van der Waals surface area contributed by atoms with Crippen LogP contribution in [-0.4, -0.2) is 0 Å². The van der Waals surface area contributed by atoms with Crippen LogP contribution in [-0.2, 0) is 16.2 Å². The number of fused-ring (bicyclic) bond motifs is 9. The van der Waals surface area contributed by atoms with E-state index in [2.05, 4.69) is 222 Å². The maximum Gasteiger partial charge on any atom is 0.0468 e. The van der Waals surface area contributed by atoms with E-state index >= 15 is 0 Å². The van der Waals surface area contributed by atoms with Gasteiger partial charge in [-0.05, 0) is 142 Å². The number of anilines is 3. The van der Waals surface area contributed by atoms with Crippen molar-refractivity contribution in [1.82, 2.24) is 0 Å². The van der Waals surface area contributed by atoms with E-state index in [1.54, 1.807) is 0 Å². The molecule has 60 heavy (non-hydrogen) atoms. The number of benzene rings is 9. The van der Waals surface area contributed by atoms with E-state index in [1.165, 1.54) is 111 Å². The molecule has 0 atom stereocenters. The normalized spacial score (nSPS) is 15.6. The van der Waals surface area contributed by atoms with Crippen LogP contribution in [0.5, 0.6) is 0 Å². The molecule has 0 radical (unpaired) electrons. The first-order valence-electron chi connectivity index (χ1n) is 21.5. The Morgan fingerprint density at radius 2 is 0.767 bits per heavy atom. The van der Waals surface area contributed by atoms with Crippen LogP contribution in [0.1, 0.15) is 74.9 Å². The molecule has 0 spiro atoms. The average molecular weight is 770 g/mol. The van der Waals surface area contributed by atoms with E-state index in [9.17, 15) is 0 Å². The van der Waals surface area contributed by atoms with Gasteiger partial charge in [-0.1, -0.05) is 175 Å². The SMILES string of the molecule is CC1(C)c2ccccc2-c2ccc(N(c3ccc4c(c3)-c3c(-c5ccc6ccccc6c5)ccc5cccc(c35)C4(C)C)c3ccc4c(c3)C(C)(C)c3ccccc3-4)cc21. The van der Waals surface area contributed by atoms with Gasteiger partial charge in [0.25, 0.3) is 0 Å². The van der Waals surface area contributed by atoms with Crippen molar-refractivity contribution in [2.75, 3.05) is 4.90 Å². The molecule has 0 unspecified atom stereocenters. The molecular weight excluding hydrogens is 723 g/mol. The van der Waals surface area contributed by atoms with Gasteiger partial charge in [0.15, 0.2) is 0 Å². The molecule has 3 aliphatic carbocycles. The number of nitrogens with zero attached hydrogens (tertiary/aromatic N) is 1. The lowest BCUT2D eigenvalue weighted by Crippen LogP contribution is -2.24. The molecule has 0 fully saturated rings. The Morgan fingerprint density at radius 1 is 0.300 bits per heavy atom. The van der Waals surface area contributed by atoms with Gasteiger partial charge in [-0.3, -0.25) is 0 Å². The molecule has 0 bridgehead atoms. The maximum absolute atomic E-state index is 2.53. The van der Waals surface area contributed by atoms with Gasteiger partial charge in [0.05, 0.1) is 0 Å². The van der Waals surface area contributed by atoms with Crippen molar-refractivity contribution >= 4 is 38.6 Å². The van der Waals surface area contributed by atoms with Crippen LogP contribution in [0.25, 0.3) is 66.1 Å². The van der Waals surface area contributed by atoms with E-state index < -0.39 is 0 Å². The largest absolute Gasteiger partial charge is 0.310 e. The maximum atomic E-state index is 2.53. The van der Waals surface area contributed by atoms with Gasteiger partial charge < -0.3 is 4.90 Å². The highest BCUT2D eigenvalue weighted by Crippen LogP contribution is 2.56. The van der Waals surface area contributed by atoms with Crippen LogP contribution >= 0.6 is 0 Å². The Labute approximate surface area is 353 Å². The molecule has 3 aliphatic rings. The van der Waals surface area contributed by atoms with Gasteiger partial charge in [-0.2, -0.15) is 0 Å². The zero-order valence-electron chi connectivity index (χ0n) is 35.2. The first kappa shape index (κ1) is 35.3. The van der Waals surface area contributed by atoms with Crippen molar-refractivity contribution in [3.05, 3.63) is 209 Å². The van der Waals surface area contributed by atoms with E-state index in [0.717, 1.165) is 5.69 Å². The van der Waals surface area contributed by atoms with Crippen LogP contribution in [0.2, 0.25) is 0 Å². The Hall–Kier alpha value is -6.70. The molecule has 0 amide bonds. The van der Waals surface area contributed by atoms with Crippen LogP contribution in [0.3, 0.4) is 0 Å². The monoisotopic (exact) mass is 769 g/mol. The van der Waals surface area contributed by atoms with Crippen LogP contribution < -0.4 is 4.90 Å². The predicted octanol–water partition coefficient (Wildman–Crippen LogP) is 16.0. The summed E-state index contributed by atoms with van der Waals surface area (Å²) in [6.45, 7) is 14.3. The number of rotatable bonds is 4. The second kappa shape index (κ2) is 12.2. The fraction of sp³-hybridized carbons (Fsp3) is 0.153. The van der Waals surface area contributed by atoms with Gasteiger partial charge in [0.2, 0.25) is 0 Å². The van der Waals surface area contributed by atoms with Crippen molar-refractivity contribution in [3.8, 4) is 44.5 Å². The molecule has 12 rings (SSSR count). The quantitative estimate of drug-likeness (QED) is 0.172. The zero-order valence-corrected chi connectivity index (χ0v) is 35.2. The molecule has 9 aromatic carbocycles. The Bertz CT molecular complexity index is 3190. The lowest BCUT2D eigenvalue weighted by molar-refractivity contribution is 0.645. The average Bonchev–Trinajstić information content (AvgIpc) is 3.64. The molecule has 0 aliphatic heterocycles. The van der Waals surface area contributed by atoms with Crippen molar-refractivity contribution in [2.24, 2.45) is 0 Å². The lowest BCUT2D eigenvalue weighted by atomic mass is 9.67. The predicted molar refractivity (Wildman–Crippen MR) is 254 cm³/mol. The summed E-state index contributed by atoms with van der Waals surface area (Å²) in [5.74, 6) is 0. The molecule has 288 valence electrons. The molecule has 0 N–H and O–H groups in total. The Kier molecular flexibility index (Phi) is 7.16. The summed E-state index contributed by atoms with van der Waals surface area (Å²) >= 11 is 0. The van der Waals surface area contributed by atoms with Gasteiger partial charge in [-0.25, -0.2) is 0 Å². The van der Waals surface area contributed by atoms with E-state index in [-0.39, 0.29) is 16.2 Å². The van der Waals surface area contributed by atoms with Crippen molar-refractivity contribution < 1.29 is 0 Å². The first-order valence-corrected chi connectivity index (χ1v) is 21.5. The Morgan fingerprint density at radius 3 is 1.43 bits per heavy atom. The van der Waals surface area contributed by atoms with Gasteiger partial charge in [0, 0.05) is 33.3 Å². The topological polar surface area (TPSA) is 3.24 Å². The van der Waals surface area contributed by atoms with Gasteiger partial charge >= 0.3 is 0 Å². The van der Waals surface area contributed by atoms with Crippen LogP contribution in [0, 0.1) is 0 Å². The minimum absolute atomic E-state index is 0.122. The molecule has 9 aromatic rings. The third-order valence-corrected chi connectivity index (χ3v) is 14.6.